The van der Waals surface area contributed by atoms with Gasteiger partial charge in [-0.1, -0.05) is 24.3 Å². The molecule has 3 aromatic carbocycles. The van der Waals surface area contributed by atoms with E-state index in [1.165, 1.54) is 0 Å². The molecule has 0 radical (unpaired) electrons. The van der Waals surface area contributed by atoms with Gasteiger partial charge in [0.05, 0.1) is 18.1 Å². The quantitative estimate of drug-likeness (QED) is 0.316. The molecule has 1 saturated heterocycles. The van der Waals surface area contributed by atoms with Crippen LogP contribution in [0.25, 0.3) is 10.9 Å². The first-order valence-corrected chi connectivity index (χ1v) is 14.2. The number of sulfonamides is 1. The van der Waals surface area contributed by atoms with Crippen LogP contribution in [0.4, 0.5) is 11.4 Å². The number of nitrogens with zero attached hydrogens (tertiary/aromatic N) is 1. The number of rotatable bonds is 8. The summed E-state index contributed by atoms with van der Waals surface area (Å²) in [7, 11) is -3.96. The molecule has 1 aliphatic rings. The van der Waals surface area contributed by atoms with Gasteiger partial charge in [0.15, 0.2) is 0 Å². The number of ether oxygens (including phenoxy) is 1. The third-order valence-electron chi connectivity index (χ3n) is 6.73. The first kappa shape index (κ1) is 26.0. The number of aromatic amines is 1. The summed E-state index contributed by atoms with van der Waals surface area (Å²) in [6, 6.07) is 19.4. The van der Waals surface area contributed by atoms with Crippen molar-refractivity contribution in [2.45, 2.75) is 31.2 Å². The van der Waals surface area contributed by atoms with Crippen LogP contribution >= 0.6 is 0 Å². The monoisotopic (exact) mass is 532 g/mol. The van der Waals surface area contributed by atoms with Crippen LogP contribution in [0.1, 0.15) is 16.7 Å². The van der Waals surface area contributed by atoms with Gasteiger partial charge in [-0.2, -0.15) is 4.72 Å². The summed E-state index contributed by atoms with van der Waals surface area (Å²) in [4.78, 5) is 19.1. The van der Waals surface area contributed by atoms with Gasteiger partial charge in [0, 0.05) is 41.6 Å². The third-order valence-corrected chi connectivity index (χ3v) is 8.18. The van der Waals surface area contributed by atoms with Crippen molar-refractivity contribution in [2.24, 2.45) is 0 Å². The predicted molar refractivity (Wildman–Crippen MR) is 150 cm³/mol. The molecule has 0 bridgehead atoms. The fourth-order valence-electron chi connectivity index (χ4n) is 4.86. The van der Waals surface area contributed by atoms with Crippen LogP contribution in [0.2, 0.25) is 0 Å². The van der Waals surface area contributed by atoms with E-state index in [9.17, 15) is 13.2 Å². The van der Waals surface area contributed by atoms with Crippen LogP contribution in [0.15, 0.2) is 77.8 Å². The van der Waals surface area contributed by atoms with Crippen molar-refractivity contribution in [1.29, 1.82) is 0 Å². The predicted octanol–water partition coefficient (Wildman–Crippen LogP) is 4.15. The minimum Gasteiger partial charge on any atom is -0.378 e. The van der Waals surface area contributed by atoms with Gasteiger partial charge < -0.3 is 19.9 Å². The zero-order chi connectivity index (χ0) is 26.7. The molecule has 1 fully saturated rings. The summed E-state index contributed by atoms with van der Waals surface area (Å²) in [6.07, 6.45) is 2.01. The number of nitrogens with one attached hydrogen (secondary N) is 3. The molecule has 198 valence electrons. The van der Waals surface area contributed by atoms with Gasteiger partial charge in [-0.15, -0.1) is 0 Å². The standard InChI is InChI=1S/C29H32N4O4S/c1-20-15-21(2)17-25(16-20)38(35,36)32-28(18-22-19-30-27-6-4-3-5-26(22)27)29(34)31-23-7-9-24(10-8-23)33-11-13-37-14-12-33/h3-10,15-17,19,28,30,32H,11-14,18H2,1-2H3,(H,31,34)/t28-/m0/s1. The van der Waals surface area contributed by atoms with Crippen molar-refractivity contribution in [3.05, 3.63) is 89.6 Å². The van der Waals surface area contributed by atoms with Crippen molar-refractivity contribution >= 4 is 38.2 Å². The zero-order valence-corrected chi connectivity index (χ0v) is 22.3. The van der Waals surface area contributed by atoms with E-state index in [0.29, 0.717) is 18.9 Å². The van der Waals surface area contributed by atoms with Gasteiger partial charge in [-0.3, -0.25) is 4.79 Å². The van der Waals surface area contributed by atoms with E-state index < -0.39 is 22.0 Å². The van der Waals surface area contributed by atoms with Crippen LogP contribution in [0, 0.1) is 13.8 Å². The maximum absolute atomic E-state index is 13.5. The van der Waals surface area contributed by atoms with E-state index in [-0.39, 0.29) is 11.3 Å². The smallest absolute Gasteiger partial charge is 0.242 e. The summed E-state index contributed by atoms with van der Waals surface area (Å²) in [5.41, 5.74) is 5.11. The van der Waals surface area contributed by atoms with Crippen LogP contribution in [-0.2, 0) is 26.0 Å². The number of amides is 1. The molecule has 4 aromatic rings. The number of morpholine rings is 1. The van der Waals surface area contributed by atoms with E-state index in [4.69, 9.17) is 4.74 Å². The van der Waals surface area contributed by atoms with E-state index in [1.807, 2.05) is 74.6 Å². The number of H-pyrrole nitrogens is 1. The molecule has 5 rings (SSSR count). The number of benzene rings is 3. The second-order valence-electron chi connectivity index (χ2n) is 9.70. The van der Waals surface area contributed by atoms with E-state index in [2.05, 4.69) is 19.9 Å². The summed E-state index contributed by atoms with van der Waals surface area (Å²) in [5.74, 6) is -0.428. The molecule has 8 nitrogen and oxygen atoms in total. The van der Waals surface area contributed by atoms with Crippen molar-refractivity contribution in [3.8, 4) is 0 Å². The van der Waals surface area contributed by atoms with Crippen molar-refractivity contribution in [3.63, 3.8) is 0 Å². The molecule has 3 N–H and O–H groups in total. The molecule has 1 aromatic heterocycles. The summed E-state index contributed by atoms with van der Waals surface area (Å²) in [6.45, 7) is 6.71. The minimum atomic E-state index is -3.96. The molecule has 38 heavy (non-hydrogen) atoms. The highest BCUT2D eigenvalue weighted by Gasteiger charge is 2.27. The van der Waals surface area contributed by atoms with Gasteiger partial charge in [-0.05, 0) is 79.4 Å². The Morgan fingerprint density at radius 2 is 1.68 bits per heavy atom. The Hall–Kier alpha value is -3.66. The molecule has 0 aliphatic carbocycles. The molecule has 9 heteroatoms. The fourth-order valence-corrected chi connectivity index (χ4v) is 6.24. The lowest BCUT2D eigenvalue weighted by molar-refractivity contribution is -0.117. The number of hydrogen-bond acceptors (Lipinski definition) is 5. The number of aromatic nitrogens is 1. The number of aryl methyl sites for hydroxylation is 2. The average molecular weight is 533 g/mol. The highest BCUT2D eigenvalue weighted by Crippen LogP contribution is 2.23. The minimum absolute atomic E-state index is 0.140. The number of anilines is 2. The summed E-state index contributed by atoms with van der Waals surface area (Å²) in [5, 5.41) is 3.86. The Bertz CT molecular complexity index is 1520. The number of carbonyl (C=O) groups is 1. The van der Waals surface area contributed by atoms with Gasteiger partial charge in [0.2, 0.25) is 15.9 Å². The highest BCUT2D eigenvalue weighted by atomic mass is 32.2. The zero-order valence-electron chi connectivity index (χ0n) is 21.5. The average Bonchev–Trinajstić information content (AvgIpc) is 3.31. The van der Waals surface area contributed by atoms with Crippen LogP contribution in [0.5, 0.6) is 0 Å². The topological polar surface area (TPSA) is 104 Å². The molecule has 2 heterocycles. The molecular weight excluding hydrogens is 500 g/mol. The molecule has 0 spiro atoms. The maximum Gasteiger partial charge on any atom is 0.242 e. The van der Waals surface area contributed by atoms with Gasteiger partial charge >= 0.3 is 0 Å². The first-order valence-electron chi connectivity index (χ1n) is 12.7. The normalized spacial score (nSPS) is 14.9. The Kier molecular flexibility index (Phi) is 7.51. The SMILES string of the molecule is Cc1cc(C)cc(S(=O)(=O)N[C@@H](Cc2c[nH]c3ccccc23)C(=O)Nc2ccc(N3CCOCC3)cc2)c1. The van der Waals surface area contributed by atoms with E-state index in [0.717, 1.165) is 46.4 Å². The van der Waals surface area contributed by atoms with Gasteiger partial charge in [-0.25, -0.2) is 8.42 Å². The Morgan fingerprint density at radius 3 is 2.39 bits per heavy atom. The molecule has 1 atom stereocenters. The Balaban J connectivity index is 1.40. The third kappa shape index (κ3) is 5.91. The number of fused-ring (bicyclic) bond motifs is 1. The Labute approximate surface area is 223 Å². The van der Waals surface area contributed by atoms with Crippen LogP contribution < -0.4 is 14.9 Å². The molecule has 0 unspecified atom stereocenters. The number of para-hydroxylation sites is 1. The Morgan fingerprint density at radius 1 is 1.00 bits per heavy atom. The van der Waals surface area contributed by atoms with Crippen molar-refractivity contribution in [1.82, 2.24) is 9.71 Å². The fraction of sp³-hybridized carbons (Fsp3) is 0.276. The summed E-state index contributed by atoms with van der Waals surface area (Å²) < 4.78 is 34.9. The summed E-state index contributed by atoms with van der Waals surface area (Å²) >= 11 is 0. The van der Waals surface area contributed by atoms with Crippen molar-refractivity contribution < 1.29 is 17.9 Å². The number of carbonyl (C=O) groups excluding carboxylic acids is 1. The molecule has 1 amide bonds. The lowest BCUT2D eigenvalue weighted by Crippen LogP contribution is -2.45. The van der Waals surface area contributed by atoms with Gasteiger partial charge in [0.1, 0.15) is 6.04 Å². The van der Waals surface area contributed by atoms with E-state index >= 15 is 0 Å². The van der Waals surface area contributed by atoms with Crippen molar-refractivity contribution in [2.75, 3.05) is 36.5 Å². The lowest BCUT2D eigenvalue weighted by Gasteiger charge is -2.29. The molecule has 1 aliphatic heterocycles. The molecular formula is C29H32N4O4S. The van der Waals surface area contributed by atoms with E-state index in [1.54, 1.807) is 12.1 Å². The van der Waals surface area contributed by atoms with Crippen LogP contribution in [-0.4, -0.2) is 51.7 Å². The maximum atomic E-state index is 13.5. The second kappa shape index (κ2) is 11.0. The highest BCUT2D eigenvalue weighted by molar-refractivity contribution is 7.89. The van der Waals surface area contributed by atoms with Gasteiger partial charge in [0.25, 0.3) is 0 Å². The second-order valence-corrected chi connectivity index (χ2v) is 11.4. The lowest BCUT2D eigenvalue weighted by atomic mass is 10.0. The van der Waals surface area contributed by atoms with Crippen LogP contribution in [0.3, 0.4) is 0 Å². The number of hydrogen-bond donors (Lipinski definition) is 3. The first-order chi connectivity index (χ1) is 18.3. The molecule has 0 saturated carbocycles. The largest absolute Gasteiger partial charge is 0.378 e.